The molecule has 3 atom stereocenters. The van der Waals surface area contributed by atoms with Gasteiger partial charge in [-0.2, -0.15) is 15.0 Å². The minimum absolute atomic E-state index is 0.0640. The van der Waals surface area contributed by atoms with Gasteiger partial charge in [-0.15, -0.1) is 0 Å². The lowest BCUT2D eigenvalue weighted by Gasteiger charge is -2.28. The number of hydrogen-bond donors (Lipinski definition) is 0. The molecule has 396 valence electrons. The van der Waals surface area contributed by atoms with Gasteiger partial charge in [-0.05, 0) is 0 Å². The molecule has 0 N–H and O–H groups in total. The fourth-order valence-electron chi connectivity index (χ4n) is 7.29. The number of anilines is 3. The fourth-order valence-corrected chi connectivity index (χ4v) is 7.29. The molecule has 31 nitrogen and oxygen atoms in total. The van der Waals surface area contributed by atoms with Crippen LogP contribution in [0.2, 0.25) is 0 Å². The molecule has 4 amide bonds. The van der Waals surface area contributed by atoms with Crippen molar-refractivity contribution in [2.24, 2.45) is 0 Å². The Kier molecular flexibility index (Phi) is 21.9. The largest absolute Gasteiger partial charge is 0.371 e. The first-order valence-corrected chi connectivity index (χ1v) is 21.7. The summed E-state index contributed by atoms with van der Waals surface area (Å²) in [7, 11) is 15.4. The molecule has 0 radical (unpaired) electrons. The maximum atomic E-state index is 12.6. The zero-order chi connectivity index (χ0) is 50.9. The third-order valence-electron chi connectivity index (χ3n) is 10.5. The highest BCUT2D eigenvalue weighted by Gasteiger charge is 2.59. The van der Waals surface area contributed by atoms with Crippen LogP contribution in [-0.2, 0) is 81.2 Å². The predicted octanol–water partition coefficient (Wildman–Crippen LogP) is -3.19. The maximum absolute atomic E-state index is 12.6. The Morgan fingerprint density at radius 1 is 0.400 bits per heavy atom. The van der Waals surface area contributed by atoms with Gasteiger partial charge in [0.15, 0.2) is 12.3 Å². The molecule has 7 heterocycles. The minimum atomic E-state index is -0.594. The summed E-state index contributed by atoms with van der Waals surface area (Å²) in [6, 6.07) is -0.540. The minimum Gasteiger partial charge on any atom is -0.371 e. The Hall–Kier alpha value is -5.16. The van der Waals surface area contributed by atoms with Crippen molar-refractivity contribution in [3.05, 3.63) is 31.5 Å². The molecule has 2 aromatic rings. The Balaban J connectivity index is 0.000000197. The molecule has 7 rings (SSSR count). The van der Waals surface area contributed by atoms with Crippen molar-refractivity contribution in [1.29, 1.82) is 0 Å². The molecule has 5 fully saturated rings. The maximum Gasteiger partial charge on any atom is 0.336 e. The molecule has 2 aromatic heterocycles. The van der Waals surface area contributed by atoms with Crippen LogP contribution in [0.5, 0.6) is 0 Å². The Bertz CT molecular complexity index is 1840. The number of rotatable bonds is 29. The van der Waals surface area contributed by atoms with Gasteiger partial charge in [0.1, 0.15) is 67.3 Å². The number of amides is 4. The number of urea groups is 2. The molecule has 31 heteroatoms. The van der Waals surface area contributed by atoms with E-state index in [1.165, 1.54) is 48.0 Å². The van der Waals surface area contributed by atoms with Crippen molar-refractivity contribution >= 4 is 29.9 Å². The lowest BCUT2D eigenvalue weighted by Crippen LogP contribution is -2.55. The number of ether oxygens (including phenoxy) is 13. The highest BCUT2D eigenvalue weighted by Crippen LogP contribution is 2.35. The number of hydrogen-bond acceptors (Lipinski definition) is 24. The zero-order valence-corrected chi connectivity index (χ0v) is 41.4. The van der Waals surface area contributed by atoms with E-state index in [0.29, 0.717) is 37.7 Å². The monoisotopic (exact) mass is 1010 g/mol. The number of epoxide rings is 3. The molecule has 5 saturated heterocycles. The molecule has 70 heavy (non-hydrogen) atoms. The van der Waals surface area contributed by atoms with Gasteiger partial charge in [-0.25, -0.2) is 37.7 Å². The Labute approximate surface area is 403 Å². The van der Waals surface area contributed by atoms with E-state index >= 15 is 0 Å². The van der Waals surface area contributed by atoms with Gasteiger partial charge in [0.05, 0.1) is 57.8 Å². The first kappa shape index (κ1) is 55.8. The van der Waals surface area contributed by atoms with E-state index in [4.69, 9.17) is 61.6 Å². The van der Waals surface area contributed by atoms with Gasteiger partial charge < -0.3 is 61.6 Å². The molecule has 3 unspecified atom stereocenters. The van der Waals surface area contributed by atoms with E-state index in [0.717, 1.165) is 13.7 Å². The second-order valence-electron chi connectivity index (χ2n) is 15.8. The summed E-state index contributed by atoms with van der Waals surface area (Å²) in [4.78, 5) is 86.7. The van der Waals surface area contributed by atoms with Crippen molar-refractivity contribution in [3.8, 4) is 0 Å². The molecule has 0 saturated carbocycles. The van der Waals surface area contributed by atoms with Gasteiger partial charge >= 0.3 is 29.1 Å². The van der Waals surface area contributed by atoms with E-state index in [1.54, 1.807) is 57.4 Å². The van der Waals surface area contributed by atoms with Crippen LogP contribution in [0.15, 0.2) is 14.4 Å². The summed E-state index contributed by atoms with van der Waals surface area (Å²) in [5.41, 5.74) is -1.78. The van der Waals surface area contributed by atoms with Crippen molar-refractivity contribution < 1.29 is 71.2 Å². The SMILES string of the molecule is COCN(COC)c1nc(N(COC)COC)nc(N(COC)COC)n1.COCN1C(=O)N(COC)C2C1N(COC)C(=O)N2COC.O=c1n(CC2CO2)c(=O)n(CC2CO2)c(=O)n1CC1CO1. The zero-order valence-electron chi connectivity index (χ0n) is 41.4. The van der Waals surface area contributed by atoms with E-state index < -0.39 is 29.4 Å². The summed E-state index contributed by atoms with van der Waals surface area (Å²) in [5, 5.41) is 0. The van der Waals surface area contributed by atoms with Crippen LogP contribution in [-0.4, -0.2) is 249 Å². The fraction of sp³-hybridized carbons (Fsp3) is 0.795. The average molecular weight is 1010 g/mol. The van der Waals surface area contributed by atoms with E-state index in [-0.39, 0.29) is 117 Å². The molecule has 5 aliphatic heterocycles. The van der Waals surface area contributed by atoms with Crippen molar-refractivity contribution in [3.63, 3.8) is 0 Å². The number of aromatic nitrogens is 6. The first-order valence-electron chi connectivity index (χ1n) is 21.7. The van der Waals surface area contributed by atoms with Crippen molar-refractivity contribution in [1.82, 2.24) is 48.3 Å². The number of fused-ring (bicyclic) bond motifs is 1. The first-order chi connectivity index (χ1) is 33.9. The highest BCUT2D eigenvalue weighted by atomic mass is 16.6. The van der Waals surface area contributed by atoms with Crippen LogP contribution in [0, 0.1) is 0 Å². The summed E-state index contributed by atoms with van der Waals surface area (Å²) in [6.45, 7) is 3.79. The molecule has 5 aliphatic rings. The lowest BCUT2D eigenvalue weighted by molar-refractivity contribution is -0.0135. The number of carbonyl (C=O) groups excluding carboxylic acids is 2. The van der Waals surface area contributed by atoms with E-state index in [1.807, 2.05) is 0 Å². The van der Waals surface area contributed by atoms with Crippen molar-refractivity contribution in [2.75, 3.05) is 173 Å². The third-order valence-corrected chi connectivity index (χ3v) is 10.5. The third kappa shape index (κ3) is 14.3. The number of methoxy groups -OCH3 is 10. The summed E-state index contributed by atoms with van der Waals surface area (Å²) < 4.78 is 70.2. The van der Waals surface area contributed by atoms with Gasteiger partial charge in [0.2, 0.25) is 17.8 Å². The molecule has 0 aromatic carbocycles. The second kappa shape index (κ2) is 27.4. The van der Waals surface area contributed by atoms with Gasteiger partial charge in [-0.1, -0.05) is 0 Å². The molecule has 0 bridgehead atoms. The van der Waals surface area contributed by atoms with Crippen LogP contribution in [0.3, 0.4) is 0 Å². The van der Waals surface area contributed by atoms with Crippen LogP contribution in [0.4, 0.5) is 27.4 Å². The summed E-state index contributed by atoms with van der Waals surface area (Å²) in [5.74, 6) is 1.11. The van der Waals surface area contributed by atoms with Crippen LogP contribution >= 0.6 is 0 Å². The van der Waals surface area contributed by atoms with Gasteiger partial charge in [0.25, 0.3) is 0 Å². The summed E-state index contributed by atoms with van der Waals surface area (Å²) in [6.07, 6.45) is -1.41. The lowest BCUT2D eigenvalue weighted by atomic mass is 10.3. The Morgan fingerprint density at radius 2 is 0.614 bits per heavy atom. The second-order valence-corrected chi connectivity index (χ2v) is 15.8. The quantitative estimate of drug-likeness (QED) is 0.0573. The topological polar surface area (TPSA) is 291 Å². The smallest absolute Gasteiger partial charge is 0.336 e. The van der Waals surface area contributed by atoms with E-state index in [2.05, 4.69) is 15.0 Å². The number of nitrogens with zero attached hydrogens (tertiary/aromatic N) is 13. The predicted molar refractivity (Wildman–Crippen MR) is 240 cm³/mol. The molecular weight excluding hydrogens is 939 g/mol. The average Bonchev–Trinajstić information content (AvgIpc) is 4.24. The van der Waals surface area contributed by atoms with Crippen LogP contribution in [0.1, 0.15) is 0 Å². The van der Waals surface area contributed by atoms with E-state index in [9.17, 15) is 24.0 Å². The van der Waals surface area contributed by atoms with Crippen molar-refractivity contribution in [2.45, 2.75) is 50.3 Å². The standard InChI is InChI=1S/C15H30N6O6.C12H22N4O6.C12H15N3O6/c1-22-7-19(8-23-2)13-16-14(20(9-24-3)10-25-4)18-15(17-13)21(11-26-5)12-27-6;1-19-5-13-9-10(15(7-21-3)11(13)17)16(8-22-4)12(18)14(9)6-20-2;16-10-13(1-7-4-19-7)11(17)15(3-9-6-21-9)12(18)14(10)2-8-5-20-8/h7-12H2,1-6H3;9-10H,5-8H2,1-4H3;7-9H,1-6H2. The molecule has 0 aliphatic carbocycles. The summed E-state index contributed by atoms with van der Waals surface area (Å²) >= 11 is 0. The molecule has 0 spiro atoms. The van der Waals surface area contributed by atoms with Crippen LogP contribution < -0.4 is 31.8 Å². The number of carbonyl (C=O) groups is 2. The Morgan fingerprint density at radius 3 is 0.786 bits per heavy atom. The van der Waals surface area contributed by atoms with Crippen LogP contribution in [0.25, 0.3) is 0 Å². The molecular formula is C39H67N13O18. The van der Waals surface area contributed by atoms with Gasteiger partial charge in [0, 0.05) is 71.1 Å². The normalized spacial score (nSPS) is 20.8. The highest BCUT2D eigenvalue weighted by molar-refractivity contribution is 5.85. The van der Waals surface area contributed by atoms with Gasteiger partial charge in [-0.3, -0.25) is 34.3 Å².